The molecule has 0 bridgehead atoms. The fourth-order valence-electron chi connectivity index (χ4n) is 3.48. The molecule has 0 atom stereocenters. The number of halogens is 2. The third-order valence-electron chi connectivity index (χ3n) is 5.17. The van der Waals surface area contributed by atoms with Crippen LogP contribution in [0.15, 0.2) is 72.5 Å². The number of imidazole rings is 1. The molecule has 0 fully saturated rings. The second-order valence-electron chi connectivity index (χ2n) is 7.98. The van der Waals surface area contributed by atoms with Gasteiger partial charge in [0.25, 0.3) is 0 Å². The topological polar surface area (TPSA) is 30.2 Å². The van der Waals surface area contributed by atoms with Crippen molar-refractivity contribution in [2.75, 3.05) is 0 Å². The molecular weight excluding hydrogens is 461 g/mol. The van der Waals surface area contributed by atoms with Crippen LogP contribution < -0.4 is 0 Å². The minimum Gasteiger partial charge on any atom is -0.296 e. The van der Waals surface area contributed by atoms with Crippen molar-refractivity contribution in [3.63, 3.8) is 0 Å². The molecule has 0 saturated heterocycles. The number of aryl methyl sites for hydroxylation is 3. The van der Waals surface area contributed by atoms with E-state index in [9.17, 15) is 0 Å². The maximum Gasteiger partial charge on any atom is 0.159 e. The van der Waals surface area contributed by atoms with Crippen LogP contribution in [0.3, 0.4) is 0 Å². The Balaban J connectivity index is 0.000000350. The van der Waals surface area contributed by atoms with E-state index < -0.39 is 0 Å². The molecule has 0 radical (unpaired) electrons. The molecule has 0 aliphatic heterocycles. The van der Waals surface area contributed by atoms with Gasteiger partial charge in [0.2, 0.25) is 0 Å². The Morgan fingerprint density at radius 3 is 2.35 bits per heavy atom. The molecule has 0 aliphatic carbocycles. The molecule has 2 aromatic carbocycles. The summed E-state index contributed by atoms with van der Waals surface area (Å²) in [6.45, 7) is 9.88. The van der Waals surface area contributed by atoms with Crippen LogP contribution in [0.25, 0.3) is 28.2 Å². The van der Waals surface area contributed by atoms with Crippen LogP contribution >= 0.6 is 23.2 Å². The Kier molecular flexibility index (Phi) is 8.34. The molecule has 0 saturated carbocycles. The summed E-state index contributed by atoms with van der Waals surface area (Å²) in [7, 11) is 0. The number of aromatic nitrogens is 3. The van der Waals surface area contributed by atoms with E-state index in [-0.39, 0.29) is 0 Å². The quantitative estimate of drug-likeness (QED) is 0.214. The zero-order chi connectivity index (χ0) is 24.8. The molecule has 4 aromatic rings. The van der Waals surface area contributed by atoms with Crippen molar-refractivity contribution < 1.29 is 0 Å². The SMILES string of the molecule is C#C/C(C)=C\C=C/C.Cc1ccc(-c2nc3c(C)nc(C)cn3c2-c2ccc(Cl)cc2Cl)cc1. The van der Waals surface area contributed by atoms with Crippen LogP contribution in [0.5, 0.6) is 0 Å². The summed E-state index contributed by atoms with van der Waals surface area (Å²) < 4.78 is 2.07. The van der Waals surface area contributed by atoms with Crippen LogP contribution in [0.2, 0.25) is 10.0 Å². The van der Waals surface area contributed by atoms with E-state index >= 15 is 0 Å². The molecule has 2 aromatic heterocycles. The van der Waals surface area contributed by atoms with E-state index in [4.69, 9.17) is 34.6 Å². The zero-order valence-electron chi connectivity index (χ0n) is 20.0. The number of hydrogen-bond acceptors (Lipinski definition) is 2. The van der Waals surface area contributed by atoms with Crippen molar-refractivity contribution in [1.82, 2.24) is 14.4 Å². The zero-order valence-corrected chi connectivity index (χ0v) is 21.5. The maximum atomic E-state index is 6.54. The predicted molar refractivity (Wildman–Crippen MR) is 145 cm³/mol. The van der Waals surface area contributed by atoms with E-state index in [0.29, 0.717) is 10.0 Å². The molecule has 5 heteroatoms. The van der Waals surface area contributed by atoms with Gasteiger partial charge in [0.05, 0.1) is 27.8 Å². The van der Waals surface area contributed by atoms with Crippen molar-refractivity contribution >= 4 is 28.8 Å². The van der Waals surface area contributed by atoms with Crippen LogP contribution in [-0.4, -0.2) is 14.4 Å². The first-order valence-electron chi connectivity index (χ1n) is 10.9. The number of terminal acetylenes is 1. The minimum absolute atomic E-state index is 0.597. The Morgan fingerprint density at radius 1 is 1.03 bits per heavy atom. The lowest BCUT2D eigenvalue weighted by molar-refractivity contribution is 1.03. The average Bonchev–Trinajstić information content (AvgIpc) is 3.18. The van der Waals surface area contributed by atoms with Crippen molar-refractivity contribution in [2.45, 2.75) is 34.6 Å². The lowest BCUT2D eigenvalue weighted by Gasteiger charge is -2.09. The molecule has 3 nitrogen and oxygen atoms in total. The fraction of sp³-hybridized carbons (Fsp3) is 0.172. The number of allylic oxidation sites excluding steroid dienone is 4. The van der Waals surface area contributed by atoms with Gasteiger partial charge in [0, 0.05) is 22.3 Å². The monoisotopic (exact) mass is 487 g/mol. The van der Waals surface area contributed by atoms with Crippen LogP contribution in [0.1, 0.15) is 30.8 Å². The van der Waals surface area contributed by atoms with Crippen LogP contribution in [0, 0.1) is 33.1 Å². The molecule has 34 heavy (non-hydrogen) atoms. The van der Waals surface area contributed by atoms with E-state index in [0.717, 1.165) is 45.1 Å². The summed E-state index contributed by atoms with van der Waals surface area (Å²) >= 11 is 12.6. The average molecular weight is 488 g/mol. The van der Waals surface area contributed by atoms with Gasteiger partial charge < -0.3 is 0 Å². The maximum absolute atomic E-state index is 6.54. The van der Waals surface area contributed by atoms with Gasteiger partial charge >= 0.3 is 0 Å². The Morgan fingerprint density at radius 2 is 1.74 bits per heavy atom. The smallest absolute Gasteiger partial charge is 0.159 e. The van der Waals surface area contributed by atoms with Gasteiger partial charge in [0.15, 0.2) is 5.65 Å². The molecule has 0 N–H and O–H groups in total. The number of rotatable bonds is 3. The second-order valence-corrected chi connectivity index (χ2v) is 8.82. The molecule has 4 rings (SSSR count). The highest BCUT2D eigenvalue weighted by molar-refractivity contribution is 6.36. The third-order valence-corrected chi connectivity index (χ3v) is 5.72. The van der Waals surface area contributed by atoms with Gasteiger partial charge in [-0.3, -0.25) is 9.38 Å². The highest BCUT2D eigenvalue weighted by atomic mass is 35.5. The Bertz CT molecular complexity index is 1420. The third kappa shape index (κ3) is 5.78. The summed E-state index contributed by atoms with van der Waals surface area (Å²) in [6.07, 6.45) is 12.8. The first-order valence-corrected chi connectivity index (χ1v) is 11.7. The summed E-state index contributed by atoms with van der Waals surface area (Å²) in [4.78, 5) is 9.46. The summed E-state index contributed by atoms with van der Waals surface area (Å²) in [6, 6.07) is 13.9. The lowest BCUT2D eigenvalue weighted by Crippen LogP contribution is -1.96. The van der Waals surface area contributed by atoms with Crippen molar-refractivity contribution in [3.05, 3.63) is 99.5 Å². The normalized spacial score (nSPS) is 11.4. The molecular formula is C29H27Cl2N3. The van der Waals surface area contributed by atoms with Crippen molar-refractivity contribution in [2.24, 2.45) is 0 Å². The van der Waals surface area contributed by atoms with Gasteiger partial charge in [-0.05, 0) is 58.4 Å². The first-order chi connectivity index (χ1) is 16.2. The largest absolute Gasteiger partial charge is 0.296 e. The number of fused-ring (bicyclic) bond motifs is 1. The Labute approximate surface area is 211 Å². The van der Waals surface area contributed by atoms with Crippen molar-refractivity contribution in [3.8, 4) is 34.9 Å². The van der Waals surface area contributed by atoms with E-state index in [1.54, 1.807) is 6.07 Å². The molecule has 0 unspecified atom stereocenters. The van der Waals surface area contributed by atoms with Gasteiger partial charge in [-0.1, -0.05) is 77.2 Å². The fourth-order valence-corrected chi connectivity index (χ4v) is 3.98. The molecule has 2 heterocycles. The van der Waals surface area contributed by atoms with E-state index in [2.05, 4.69) is 46.5 Å². The standard InChI is InChI=1S/C21H17Cl2N3.C8H10/c1-12-4-6-15(7-5-12)19-20(17-9-8-16(22)10-18(17)23)26-11-13(2)24-14(3)21(26)25-19;1-4-6-7-8(3)5-2/h4-11H,1-3H3;2,4,6-7H,1,3H3/b;6-4-,8-7-. The van der Waals surface area contributed by atoms with Crippen molar-refractivity contribution in [1.29, 1.82) is 0 Å². The minimum atomic E-state index is 0.597. The summed E-state index contributed by atoms with van der Waals surface area (Å²) in [5, 5.41) is 1.21. The number of hydrogen-bond donors (Lipinski definition) is 0. The molecule has 0 spiro atoms. The predicted octanol–water partition coefficient (Wildman–Crippen LogP) is 8.44. The number of nitrogens with zero attached hydrogens (tertiary/aromatic N) is 3. The van der Waals surface area contributed by atoms with Crippen LogP contribution in [-0.2, 0) is 0 Å². The molecule has 0 amide bonds. The molecule has 172 valence electrons. The van der Waals surface area contributed by atoms with Crippen LogP contribution in [0.4, 0.5) is 0 Å². The second kappa shape index (κ2) is 11.2. The van der Waals surface area contributed by atoms with Gasteiger partial charge in [-0.25, -0.2) is 4.98 Å². The summed E-state index contributed by atoms with van der Waals surface area (Å²) in [5.74, 6) is 2.51. The lowest BCUT2D eigenvalue weighted by atomic mass is 10.0. The number of benzene rings is 2. The highest BCUT2D eigenvalue weighted by Gasteiger charge is 2.20. The first kappa shape index (κ1) is 25.3. The van der Waals surface area contributed by atoms with Gasteiger partial charge in [0.1, 0.15) is 0 Å². The van der Waals surface area contributed by atoms with Gasteiger partial charge in [-0.15, -0.1) is 6.42 Å². The van der Waals surface area contributed by atoms with E-state index in [1.165, 1.54) is 5.56 Å². The summed E-state index contributed by atoms with van der Waals surface area (Å²) in [5.41, 5.74) is 8.56. The highest BCUT2D eigenvalue weighted by Crippen LogP contribution is 2.38. The van der Waals surface area contributed by atoms with E-state index in [1.807, 2.05) is 64.3 Å². The Hall–Kier alpha value is -3.32. The van der Waals surface area contributed by atoms with Gasteiger partial charge in [-0.2, -0.15) is 0 Å². The molecule has 0 aliphatic rings.